The van der Waals surface area contributed by atoms with Gasteiger partial charge in [0.25, 0.3) is 0 Å². The number of nitrogens with one attached hydrogen (secondary N) is 1. The minimum absolute atomic E-state index is 0.138. The van der Waals surface area contributed by atoms with E-state index in [1.54, 1.807) is 0 Å². The van der Waals surface area contributed by atoms with E-state index in [-0.39, 0.29) is 6.10 Å². The Bertz CT molecular complexity index is 882. The van der Waals surface area contributed by atoms with E-state index in [1.807, 2.05) is 49.5 Å². The maximum Gasteiger partial charge on any atom is 0.130 e. The first-order valence-electron chi connectivity index (χ1n) is 10.1. The first-order valence-corrected chi connectivity index (χ1v) is 10.1. The highest BCUT2D eigenvalue weighted by Gasteiger charge is 2.21. The molecule has 0 spiro atoms. The Kier molecular flexibility index (Phi) is 6.39. The Morgan fingerprint density at radius 2 is 1.90 bits per heavy atom. The standard InChI is InChI=1S/C24H27N3O2/c1-2-28-22-11-9-21(10-12-22)26-24-13-8-19(16-25-24)17-27-14-15-29-23(18-27)20-6-4-3-5-7-20/h3-13,16,23H,2,14-15,17-18H2,1H3,(H,25,26). The molecule has 1 atom stereocenters. The third-order valence-electron chi connectivity index (χ3n) is 4.99. The van der Waals surface area contributed by atoms with E-state index in [1.165, 1.54) is 11.1 Å². The first kappa shape index (κ1) is 19.4. The number of nitrogens with zero attached hydrogens (tertiary/aromatic N) is 2. The van der Waals surface area contributed by atoms with Gasteiger partial charge in [0.15, 0.2) is 0 Å². The summed E-state index contributed by atoms with van der Waals surface area (Å²) in [6, 6.07) is 22.5. The number of hydrogen-bond donors (Lipinski definition) is 1. The monoisotopic (exact) mass is 389 g/mol. The van der Waals surface area contributed by atoms with Crippen LogP contribution >= 0.6 is 0 Å². The van der Waals surface area contributed by atoms with E-state index in [0.29, 0.717) is 6.61 Å². The van der Waals surface area contributed by atoms with Gasteiger partial charge in [-0.1, -0.05) is 36.4 Å². The molecule has 0 saturated carbocycles. The molecule has 5 nitrogen and oxygen atoms in total. The van der Waals surface area contributed by atoms with Crippen molar-refractivity contribution in [2.75, 3.05) is 31.6 Å². The third kappa shape index (κ3) is 5.34. The number of benzene rings is 2. The average Bonchev–Trinajstić information content (AvgIpc) is 2.78. The molecular formula is C24H27N3O2. The van der Waals surface area contributed by atoms with Crippen LogP contribution < -0.4 is 10.1 Å². The quantitative estimate of drug-likeness (QED) is 0.629. The minimum atomic E-state index is 0.138. The van der Waals surface area contributed by atoms with Crippen LogP contribution in [0.25, 0.3) is 0 Å². The summed E-state index contributed by atoms with van der Waals surface area (Å²) >= 11 is 0. The number of anilines is 2. The molecule has 3 aromatic rings. The number of pyridine rings is 1. The van der Waals surface area contributed by atoms with Crippen molar-refractivity contribution >= 4 is 11.5 Å². The summed E-state index contributed by atoms with van der Waals surface area (Å²) < 4.78 is 11.4. The van der Waals surface area contributed by atoms with Crippen molar-refractivity contribution in [3.8, 4) is 5.75 Å². The van der Waals surface area contributed by atoms with Crippen molar-refractivity contribution in [2.24, 2.45) is 0 Å². The molecule has 2 aromatic carbocycles. The molecule has 1 aliphatic heterocycles. The lowest BCUT2D eigenvalue weighted by molar-refractivity contribution is -0.0329. The molecule has 1 unspecified atom stereocenters. The van der Waals surface area contributed by atoms with Crippen LogP contribution in [0.4, 0.5) is 11.5 Å². The van der Waals surface area contributed by atoms with E-state index >= 15 is 0 Å². The molecule has 1 N–H and O–H groups in total. The predicted octanol–water partition coefficient (Wildman–Crippen LogP) is 4.80. The van der Waals surface area contributed by atoms with Gasteiger partial charge >= 0.3 is 0 Å². The van der Waals surface area contributed by atoms with Gasteiger partial charge in [-0.05, 0) is 48.4 Å². The van der Waals surface area contributed by atoms with Crippen molar-refractivity contribution in [3.63, 3.8) is 0 Å². The fourth-order valence-corrected chi connectivity index (χ4v) is 3.51. The molecule has 5 heteroatoms. The van der Waals surface area contributed by atoms with E-state index in [4.69, 9.17) is 9.47 Å². The van der Waals surface area contributed by atoms with Crippen LogP contribution in [0.1, 0.15) is 24.2 Å². The van der Waals surface area contributed by atoms with Crippen LogP contribution in [0.2, 0.25) is 0 Å². The summed E-state index contributed by atoms with van der Waals surface area (Å²) in [5, 5.41) is 3.33. The van der Waals surface area contributed by atoms with Gasteiger partial charge in [0.2, 0.25) is 0 Å². The summed E-state index contributed by atoms with van der Waals surface area (Å²) in [7, 11) is 0. The van der Waals surface area contributed by atoms with Crippen LogP contribution in [-0.2, 0) is 11.3 Å². The van der Waals surface area contributed by atoms with Gasteiger partial charge in [0.05, 0.1) is 19.3 Å². The molecule has 1 aromatic heterocycles. The third-order valence-corrected chi connectivity index (χ3v) is 4.99. The maximum atomic E-state index is 5.96. The van der Waals surface area contributed by atoms with Crippen molar-refractivity contribution in [1.29, 1.82) is 0 Å². The molecule has 29 heavy (non-hydrogen) atoms. The fourth-order valence-electron chi connectivity index (χ4n) is 3.51. The molecule has 2 heterocycles. The Balaban J connectivity index is 1.33. The molecule has 150 valence electrons. The summed E-state index contributed by atoms with van der Waals surface area (Å²) in [6.45, 7) is 6.13. The summed E-state index contributed by atoms with van der Waals surface area (Å²) in [5.74, 6) is 1.71. The van der Waals surface area contributed by atoms with E-state index < -0.39 is 0 Å². The Labute approximate surface area is 172 Å². The zero-order chi connectivity index (χ0) is 19.9. The highest BCUT2D eigenvalue weighted by atomic mass is 16.5. The first-order chi connectivity index (χ1) is 14.3. The molecular weight excluding hydrogens is 362 g/mol. The van der Waals surface area contributed by atoms with Crippen molar-refractivity contribution in [2.45, 2.75) is 19.6 Å². The molecule has 0 radical (unpaired) electrons. The molecule has 0 aliphatic carbocycles. The Morgan fingerprint density at radius 3 is 2.62 bits per heavy atom. The SMILES string of the molecule is CCOc1ccc(Nc2ccc(CN3CCOC(c4ccccc4)C3)cn2)cc1. The smallest absolute Gasteiger partial charge is 0.130 e. The summed E-state index contributed by atoms with van der Waals surface area (Å²) in [4.78, 5) is 7.00. The van der Waals surface area contributed by atoms with Gasteiger partial charge in [-0.2, -0.15) is 0 Å². The Hall–Kier alpha value is -2.89. The van der Waals surface area contributed by atoms with Gasteiger partial charge in [0, 0.05) is 31.5 Å². The average molecular weight is 389 g/mol. The second-order valence-electron chi connectivity index (χ2n) is 7.14. The lowest BCUT2D eigenvalue weighted by Crippen LogP contribution is -2.37. The van der Waals surface area contributed by atoms with Crippen molar-refractivity contribution in [3.05, 3.63) is 84.1 Å². The van der Waals surface area contributed by atoms with E-state index in [0.717, 1.165) is 43.5 Å². The molecule has 1 aliphatic rings. The van der Waals surface area contributed by atoms with Crippen LogP contribution in [0.3, 0.4) is 0 Å². The largest absolute Gasteiger partial charge is 0.494 e. The second kappa shape index (κ2) is 9.54. The maximum absolute atomic E-state index is 5.96. The van der Waals surface area contributed by atoms with Crippen molar-refractivity contribution in [1.82, 2.24) is 9.88 Å². The lowest BCUT2D eigenvalue weighted by atomic mass is 10.1. The van der Waals surface area contributed by atoms with E-state index in [2.05, 4.69) is 45.5 Å². The number of morpholine rings is 1. The summed E-state index contributed by atoms with van der Waals surface area (Å²) in [6.07, 6.45) is 2.09. The van der Waals surface area contributed by atoms with E-state index in [9.17, 15) is 0 Å². The number of ether oxygens (including phenoxy) is 2. The normalized spacial score (nSPS) is 17.1. The van der Waals surface area contributed by atoms with Crippen LogP contribution in [0.5, 0.6) is 5.75 Å². The molecule has 4 rings (SSSR count). The molecule has 1 fully saturated rings. The highest BCUT2D eigenvalue weighted by Crippen LogP contribution is 2.23. The van der Waals surface area contributed by atoms with Crippen LogP contribution in [-0.4, -0.2) is 36.2 Å². The number of rotatable bonds is 7. The molecule has 0 bridgehead atoms. The Morgan fingerprint density at radius 1 is 1.07 bits per heavy atom. The number of hydrogen-bond acceptors (Lipinski definition) is 5. The topological polar surface area (TPSA) is 46.6 Å². The van der Waals surface area contributed by atoms with Gasteiger partial charge in [-0.3, -0.25) is 4.90 Å². The second-order valence-corrected chi connectivity index (χ2v) is 7.14. The number of aromatic nitrogens is 1. The van der Waals surface area contributed by atoms with Crippen molar-refractivity contribution < 1.29 is 9.47 Å². The lowest BCUT2D eigenvalue weighted by Gasteiger charge is -2.33. The van der Waals surface area contributed by atoms with Crippen LogP contribution in [0.15, 0.2) is 72.9 Å². The van der Waals surface area contributed by atoms with Gasteiger partial charge < -0.3 is 14.8 Å². The van der Waals surface area contributed by atoms with Crippen LogP contribution in [0, 0.1) is 0 Å². The summed E-state index contributed by atoms with van der Waals surface area (Å²) in [5.41, 5.74) is 3.44. The molecule has 1 saturated heterocycles. The van der Waals surface area contributed by atoms with Gasteiger partial charge in [-0.15, -0.1) is 0 Å². The highest BCUT2D eigenvalue weighted by molar-refractivity contribution is 5.57. The predicted molar refractivity (Wildman–Crippen MR) is 116 cm³/mol. The zero-order valence-corrected chi connectivity index (χ0v) is 16.8. The molecule has 0 amide bonds. The zero-order valence-electron chi connectivity index (χ0n) is 16.8. The van der Waals surface area contributed by atoms with Gasteiger partial charge in [0.1, 0.15) is 11.6 Å². The fraction of sp³-hybridized carbons (Fsp3) is 0.292. The minimum Gasteiger partial charge on any atom is -0.494 e. The van der Waals surface area contributed by atoms with Gasteiger partial charge in [-0.25, -0.2) is 4.98 Å².